The van der Waals surface area contributed by atoms with Crippen LogP contribution in [0, 0.1) is 11.3 Å². The van der Waals surface area contributed by atoms with Crippen LogP contribution in [0.15, 0.2) is 23.8 Å². The maximum atomic E-state index is 11.9. The van der Waals surface area contributed by atoms with Crippen molar-refractivity contribution in [1.29, 1.82) is 0 Å². The Labute approximate surface area is 155 Å². The van der Waals surface area contributed by atoms with Gasteiger partial charge in [0, 0.05) is 6.42 Å². The predicted octanol–water partition coefficient (Wildman–Crippen LogP) is 3.84. The van der Waals surface area contributed by atoms with Crippen LogP contribution in [-0.2, 0) is 4.79 Å². The molecule has 1 fully saturated rings. The van der Waals surface area contributed by atoms with Crippen LogP contribution in [-0.4, -0.2) is 32.2 Å². The summed E-state index contributed by atoms with van der Waals surface area (Å²) in [6.45, 7) is 2.19. The lowest BCUT2D eigenvalue weighted by Crippen LogP contribution is -2.39. The number of benzene rings is 1. The number of hydrogen-bond acceptors (Lipinski definition) is 5. The van der Waals surface area contributed by atoms with Gasteiger partial charge in [0.25, 0.3) is 0 Å². The van der Waals surface area contributed by atoms with E-state index in [-0.39, 0.29) is 17.1 Å². The predicted molar refractivity (Wildman–Crippen MR) is 98.8 cm³/mol. The fourth-order valence-corrected chi connectivity index (χ4v) is 4.60. The molecule has 142 valence electrons. The van der Waals surface area contributed by atoms with Gasteiger partial charge >= 0.3 is 0 Å². The molecule has 3 atom stereocenters. The van der Waals surface area contributed by atoms with Gasteiger partial charge in [-0.1, -0.05) is 12.5 Å². The Bertz CT molecular complexity index is 698. The number of rotatable bonds is 5. The zero-order valence-corrected chi connectivity index (χ0v) is 16.0. The number of methoxy groups -OCH3 is 3. The van der Waals surface area contributed by atoms with Crippen LogP contribution >= 0.6 is 0 Å². The Morgan fingerprint density at radius 2 is 1.77 bits per heavy atom. The van der Waals surface area contributed by atoms with E-state index in [1.807, 2.05) is 18.2 Å². The van der Waals surface area contributed by atoms with Crippen molar-refractivity contribution in [3.8, 4) is 17.2 Å². The number of ether oxygens (including phenoxy) is 3. The lowest BCUT2D eigenvalue weighted by Gasteiger charge is -2.47. The number of hydrogen-bond donors (Lipinski definition) is 1. The van der Waals surface area contributed by atoms with Gasteiger partial charge in [0.15, 0.2) is 17.3 Å². The minimum Gasteiger partial charge on any atom is -0.493 e. The summed E-state index contributed by atoms with van der Waals surface area (Å²) < 4.78 is 16.2. The number of aliphatic hydroxyl groups excluding tert-OH is 1. The lowest BCUT2D eigenvalue weighted by molar-refractivity contribution is -0.116. The van der Waals surface area contributed by atoms with E-state index in [1.54, 1.807) is 21.3 Å². The summed E-state index contributed by atoms with van der Waals surface area (Å²) in [5.74, 6) is 1.86. The van der Waals surface area contributed by atoms with Crippen molar-refractivity contribution in [1.82, 2.24) is 0 Å². The molecule has 3 unspecified atom stereocenters. The Kier molecular flexibility index (Phi) is 5.28. The molecule has 1 aromatic rings. The second-order valence-electron chi connectivity index (χ2n) is 7.46. The summed E-state index contributed by atoms with van der Waals surface area (Å²) in [7, 11) is 4.71. The molecule has 3 rings (SSSR count). The summed E-state index contributed by atoms with van der Waals surface area (Å²) in [6.07, 6.45) is 5.37. The first-order valence-corrected chi connectivity index (χ1v) is 9.16. The Balaban J connectivity index is 1.99. The quantitative estimate of drug-likeness (QED) is 0.864. The van der Waals surface area contributed by atoms with E-state index >= 15 is 0 Å². The van der Waals surface area contributed by atoms with Gasteiger partial charge in [-0.15, -0.1) is 0 Å². The van der Waals surface area contributed by atoms with Crippen LogP contribution in [0.5, 0.6) is 17.2 Å². The topological polar surface area (TPSA) is 65.0 Å². The second kappa shape index (κ2) is 7.31. The lowest BCUT2D eigenvalue weighted by atomic mass is 9.58. The molecular weight excluding hydrogens is 332 g/mol. The molecule has 0 heterocycles. The molecule has 1 N–H and O–H groups in total. The third-order valence-corrected chi connectivity index (χ3v) is 6.15. The normalized spacial score (nSPS) is 26.6. The van der Waals surface area contributed by atoms with Gasteiger partial charge in [0.05, 0.1) is 27.4 Å². The molecule has 0 saturated heterocycles. The highest BCUT2D eigenvalue weighted by Crippen LogP contribution is 2.55. The van der Waals surface area contributed by atoms with Crippen LogP contribution in [0.4, 0.5) is 0 Å². The van der Waals surface area contributed by atoms with Crippen molar-refractivity contribution in [3.63, 3.8) is 0 Å². The molecule has 0 radical (unpaired) electrons. The van der Waals surface area contributed by atoms with Crippen molar-refractivity contribution in [2.45, 2.75) is 45.1 Å². The molecule has 0 bridgehead atoms. The van der Waals surface area contributed by atoms with E-state index in [0.29, 0.717) is 23.7 Å². The van der Waals surface area contributed by atoms with Gasteiger partial charge < -0.3 is 19.3 Å². The summed E-state index contributed by atoms with van der Waals surface area (Å²) in [6, 6.07) is 3.64. The smallest absolute Gasteiger partial charge is 0.203 e. The minimum absolute atomic E-state index is 0.0541. The van der Waals surface area contributed by atoms with Gasteiger partial charge in [0.1, 0.15) is 0 Å². The highest BCUT2D eigenvalue weighted by atomic mass is 16.5. The van der Waals surface area contributed by atoms with Gasteiger partial charge in [-0.25, -0.2) is 0 Å². The molecule has 2 aliphatic rings. The van der Waals surface area contributed by atoms with Crippen LogP contribution in [0.25, 0.3) is 0 Å². The van der Waals surface area contributed by atoms with Gasteiger partial charge in [0.2, 0.25) is 5.75 Å². The Morgan fingerprint density at radius 1 is 1.12 bits per heavy atom. The van der Waals surface area contributed by atoms with E-state index in [2.05, 4.69) is 6.92 Å². The average Bonchev–Trinajstić information content (AvgIpc) is 2.66. The molecule has 5 nitrogen and oxygen atoms in total. The van der Waals surface area contributed by atoms with Gasteiger partial charge in [-0.2, -0.15) is 0 Å². The van der Waals surface area contributed by atoms with Crippen molar-refractivity contribution in [2.24, 2.45) is 11.3 Å². The number of carbonyl (C=O) groups is 1. The van der Waals surface area contributed by atoms with Crippen LogP contribution in [0.1, 0.15) is 50.7 Å². The third-order valence-electron chi connectivity index (χ3n) is 6.15. The number of ketones is 1. The van der Waals surface area contributed by atoms with E-state index in [4.69, 9.17) is 14.2 Å². The van der Waals surface area contributed by atoms with Gasteiger partial charge in [-0.05, 0) is 60.8 Å². The fourth-order valence-electron chi connectivity index (χ4n) is 4.60. The number of fused-ring (bicyclic) bond motifs is 1. The third kappa shape index (κ3) is 3.09. The van der Waals surface area contributed by atoms with Crippen molar-refractivity contribution in [3.05, 3.63) is 29.3 Å². The van der Waals surface area contributed by atoms with E-state index < -0.39 is 6.10 Å². The van der Waals surface area contributed by atoms with Crippen molar-refractivity contribution in [2.75, 3.05) is 21.3 Å². The first kappa shape index (κ1) is 18.8. The first-order valence-electron chi connectivity index (χ1n) is 9.16. The SMILES string of the molecule is COc1cc(C(O)C2CCCC3=CC(=O)CCC32C)cc(OC)c1OC. The molecule has 0 amide bonds. The molecule has 0 aromatic heterocycles. The highest BCUT2D eigenvalue weighted by molar-refractivity contribution is 5.91. The molecule has 0 aliphatic heterocycles. The number of allylic oxidation sites excluding steroid dienone is 2. The first-order chi connectivity index (χ1) is 12.4. The maximum Gasteiger partial charge on any atom is 0.203 e. The zero-order valence-electron chi connectivity index (χ0n) is 16.0. The largest absolute Gasteiger partial charge is 0.493 e. The molecule has 26 heavy (non-hydrogen) atoms. The van der Waals surface area contributed by atoms with Gasteiger partial charge in [-0.3, -0.25) is 4.79 Å². The van der Waals surface area contributed by atoms with E-state index in [0.717, 1.165) is 31.2 Å². The van der Waals surface area contributed by atoms with Crippen molar-refractivity contribution < 1.29 is 24.1 Å². The summed E-state index contributed by atoms with van der Waals surface area (Å²) >= 11 is 0. The number of aliphatic hydroxyl groups is 1. The Hall–Kier alpha value is -2.01. The van der Waals surface area contributed by atoms with E-state index in [1.165, 1.54) is 5.57 Å². The summed E-state index contributed by atoms with van der Waals surface area (Å²) in [5, 5.41) is 11.3. The Morgan fingerprint density at radius 3 is 2.35 bits per heavy atom. The molecule has 2 aliphatic carbocycles. The second-order valence-corrected chi connectivity index (χ2v) is 7.46. The van der Waals surface area contributed by atoms with Crippen LogP contribution in [0.2, 0.25) is 0 Å². The van der Waals surface area contributed by atoms with Crippen LogP contribution < -0.4 is 14.2 Å². The van der Waals surface area contributed by atoms with Crippen LogP contribution in [0.3, 0.4) is 0 Å². The minimum atomic E-state index is -0.661. The zero-order chi connectivity index (χ0) is 18.9. The molecule has 1 aromatic carbocycles. The highest BCUT2D eigenvalue weighted by Gasteiger charge is 2.45. The fraction of sp³-hybridized carbons (Fsp3) is 0.571. The molecule has 0 spiro atoms. The monoisotopic (exact) mass is 360 g/mol. The van der Waals surface area contributed by atoms with E-state index in [9.17, 15) is 9.90 Å². The number of carbonyl (C=O) groups excluding carboxylic acids is 1. The molecular formula is C21H28O5. The summed E-state index contributed by atoms with van der Waals surface area (Å²) in [4.78, 5) is 11.9. The molecule has 1 saturated carbocycles. The summed E-state index contributed by atoms with van der Waals surface area (Å²) in [5.41, 5.74) is 1.80. The standard InChI is InChI=1S/C21H28O5/c1-21-9-8-15(22)12-14(21)6-5-7-16(21)19(23)13-10-17(24-2)20(26-4)18(11-13)25-3/h10-12,16,19,23H,5-9H2,1-4H3. The van der Waals surface area contributed by atoms with Crippen molar-refractivity contribution >= 4 is 5.78 Å². The molecule has 5 heteroatoms. The average molecular weight is 360 g/mol. The maximum absolute atomic E-state index is 11.9.